The molecule has 3 rings (SSSR count). The molecule has 0 saturated heterocycles. The highest BCUT2D eigenvalue weighted by Crippen LogP contribution is 2.31. The molecule has 22 heavy (non-hydrogen) atoms. The van der Waals surface area contributed by atoms with Gasteiger partial charge >= 0.3 is 5.69 Å². The van der Waals surface area contributed by atoms with Crippen molar-refractivity contribution in [2.75, 3.05) is 6.61 Å². The summed E-state index contributed by atoms with van der Waals surface area (Å²) in [6.45, 7) is 2.42. The van der Waals surface area contributed by atoms with Gasteiger partial charge in [-0.05, 0) is 37.3 Å². The van der Waals surface area contributed by atoms with Crippen LogP contribution < -0.4 is 5.69 Å². The van der Waals surface area contributed by atoms with Crippen LogP contribution in [0.2, 0.25) is 0 Å². The second kappa shape index (κ2) is 6.67. The average Bonchev–Trinajstić information content (AvgIpc) is 2.99. The zero-order valence-electron chi connectivity index (χ0n) is 12.7. The summed E-state index contributed by atoms with van der Waals surface area (Å²) >= 11 is 1.65. The van der Waals surface area contributed by atoms with E-state index in [0.29, 0.717) is 6.54 Å². The average molecular weight is 316 g/mol. The second-order valence-corrected chi connectivity index (χ2v) is 6.53. The quantitative estimate of drug-likeness (QED) is 0.679. The van der Waals surface area contributed by atoms with Crippen molar-refractivity contribution in [3.8, 4) is 0 Å². The van der Waals surface area contributed by atoms with Gasteiger partial charge < -0.3 is 5.11 Å². The fourth-order valence-electron chi connectivity index (χ4n) is 2.95. The minimum Gasteiger partial charge on any atom is -0.395 e. The van der Waals surface area contributed by atoms with Crippen LogP contribution in [0.3, 0.4) is 0 Å². The first-order valence-corrected chi connectivity index (χ1v) is 8.60. The zero-order chi connectivity index (χ0) is 15.5. The molecule has 4 nitrogen and oxygen atoms in total. The Balaban J connectivity index is 1.89. The molecule has 0 fully saturated rings. The van der Waals surface area contributed by atoms with Crippen molar-refractivity contribution in [1.29, 1.82) is 0 Å². The lowest BCUT2D eigenvalue weighted by Crippen LogP contribution is -2.28. The van der Waals surface area contributed by atoms with Crippen molar-refractivity contribution in [3.63, 3.8) is 0 Å². The number of thioether (sulfide) groups is 1. The monoisotopic (exact) mass is 316 g/mol. The van der Waals surface area contributed by atoms with Crippen molar-refractivity contribution in [2.45, 2.75) is 43.5 Å². The highest BCUT2D eigenvalue weighted by atomic mass is 32.2. The molecular weight excluding hydrogens is 296 g/mol. The predicted octanol–water partition coefficient (Wildman–Crippen LogP) is 2.33. The Bertz CT molecular complexity index is 740. The molecule has 1 aromatic heterocycles. The molecule has 1 heterocycles. The van der Waals surface area contributed by atoms with E-state index < -0.39 is 0 Å². The van der Waals surface area contributed by atoms with Gasteiger partial charge in [-0.1, -0.05) is 24.3 Å². The Kier molecular flexibility index (Phi) is 4.64. The highest BCUT2D eigenvalue weighted by molar-refractivity contribution is 7.98. The van der Waals surface area contributed by atoms with Crippen LogP contribution in [0.15, 0.2) is 34.1 Å². The lowest BCUT2D eigenvalue weighted by Gasteiger charge is -2.13. The van der Waals surface area contributed by atoms with Crippen LogP contribution in [-0.2, 0) is 25.1 Å². The van der Waals surface area contributed by atoms with Gasteiger partial charge in [-0.25, -0.2) is 4.79 Å². The number of aromatic nitrogens is 2. The van der Waals surface area contributed by atoms with Crippen LogP contribution in [-0.4, -0.2) is 21.3 Å². The molecule has 0 aliphatic heterocycles. The van der Waals surface area contributed by atoms with E-state index in [1.165, 1.54) is 16.7 Å². The summed E-state index contributed by atoms with van der Waals surface area (Å²) in [5.74, 6) is 0.829. The minimum absolute atomic E-state index is 0.0241. The highest BCUT2D eigenvalue weighted by Gasteiger charge is 2.21. The molecule has 1 aromatic carbocycles. The third-order valence-corrected chi connectivity index (χ3v) is 5.22. The smallest absolute Gasteiger partial charge is 0.348 e. The molecule has 0 bridgehead atoms. The van der Waals surface area contributed by atoms with Gasteiger partial charge in [0.2, 0.25) is 0 Å². The number of aliphatic hydroxyl groups is 1. The first-order chi connectivity index (χ1) is 10.7. The number of nitrogens with zero attached hydrogens (tertiary/aromatic N) is 2. The summed E-state index contributed by atoms with van der Waals surface area (Å²) in [6.07, 6.45) is 2.94. The van der Waals surface area contributed by atoms with Gasteiger partial charge in [-0.15, -0.1) is 11.8 Å². The van der Waals surface area contributed by atoms with Gasteiger partial charge in [0.15, 0.2) is 0 Å². The summed E-state index contributed by atoms with van der Waals surface area (Å²) in [5, 5.41) is 10.0. The van der Waals surface area contributed by atoms with E-state index in [2.05, 4.69) is 24.0 Å². The van der Waals surface area contributed by atoms with E-state index in [1.54, 1.807) is 16.3 Å². The minimum atomic E-state index is -0.234. The summed E-state index contributed by atoms with van der Waals surface area (Å²) in [4.78, 5) is 16.5. The SMILES string of the molecule is Cc1ccccc1CSc1nc(=O)n(CCO)c2c1CCC2. The fourth-order valence-corrected chi connectivity index (χ4v) is 4.11. The third-order valence-electron chi connectivity index (χ3n) is 4.15. The van der Waals surface area contributed by atoms with Crippen molar-refractivity contribution in [1.82, 2.24) is 9.55 Å². The molecule has 0 saturated carbocycles. The number of hydrogen-bond acceptors (Lipinski definition) is 4. The summed E-state index contributed by atoms with van der Waals surface area (Å²) < 4.78 is 1.64. The van der Waals surface area contributed by atoms with Gasteiger partial charge in [-0.2, -0.15) is 4.98 Å². The first kappa shape index (κ1) is 15.3. The van der Waals surface area contributed by atoms with Crippen molar-refractivity contribution >= 4 is 11.8 Å². The molecule has 116 valence electrons. The standard InChI is InChI=1S/C17H20N2O2S/c1-12-5-2-3-6-13(12)11-22-16-14-7-4-8-15(14)19(9-10-20)17(21)18-16/h2-3,5-6,20H,4,7-11H2,1H3. The first-order valence-electron chi connectivity index (χ1n) is 7.61. The van der Waals surface area contributed by atoms with Crippen LogP contribution in [0.5, 0.6) is 0 Å². The van der Waals surface area contributed by atoms with Crippen molar-refractivity contribution < 1.29 is 5.11 Å². The van der Waals surface area contributed by atoms with Gasteiger partial charge in [0.25, 0.3) is 0 Å². The van der Waals surface area contributed by atoms with Crippen LogP contribution in [0.4, 0.5) is 0 Å². The van der Waals surface area contributed by atoms with E-state index in [0.717, 1.165) is 35.7 Å². The van der Waals surface area contributed by atoms with Gasteiger partial charge in [0.05, 0.1) is 13.2 Å². The maximum absolute atomic E-state index is 12.2. The van der Waals surface area contributed by atoms with E-state index in [4.69, 9.17) is 5.11 Å². The lowest BCUT2D eigenvalue weighted by molar-refractivity contribution is 0.271. The van der Waals surface area contributed by atoms with Crippen molar-refractivity contribution in [2.24, 2.45) is 0 Å². The molecule has 0 unspecified atom stereocenters. The second-order valence-electron chi connectivity index (χ2n) is 5.57. The maximum atomic E-state index is 12.2. The predicted molar refractivity (Wildman–Crippen MR) is 88.3 cm³/mol. The van der Waals surface area contributed by atoms with Gasteiger partial charge in [0, 0.05) is 17.0 Å². The van der Waals surface area contributed by atoms with Crippen molar-refractivity contribution in [3.05, 3.63) is 57.1 Å². The third kappa shape index (κ3) is 2.96. The molecule has 0 radical (unpaired) electrons. The molecule has 1 N–H and O–H groups in total. The molecule has 1 aliphatic rings. The van der Waals surface area contributed by atoms with Crippen LogP contribution in [0, 0.1) is 6.92 Å². The number of fused-ring (bicyclic) bond motifs is 1. The summed E-state index contributed by atoms with van der Waals surface area (Å²) in [6, 6.07) is 8.30. The van der Waals surface area contributed by atoms with E-state index in [-0.39, 0.29) is 12.3 Å². The number of aryl methyl sites for hydroxylation is 1. The molecule has 0 amide bonds. The Labute approximate surface area is 134 Å². The fraction of sp³-hybridized carbons (Fsp3) is 0.412. The van der Waals surface area contributed by atoms with Crippen LogP contribution in [0.25, 0.3) is 0 Å². The zero-order valence-corrected chi connectivity index (χ0v) is 13.5. The lowest BCUT2D eigenvalue weighted by atomic mass is 10.1. The topological polar surface area (TPSA) is 55.1 Å². The molecular formula is C17H20N2O2S. The van der Waals surface area contributed by atoms with Crippen LogP contribution in [0.1, 0.15) is 28.8 Å². The van der Waals surface area contributed by atoms with E-state index in [1.807, 2.05) is 12.1 Å². The van der Waals surface area contributed by atoms with Gasteiger partial charge in [0.1, 0.15) is 5.03 Å². The Morgan fingerprint density at radius 1 is 1.32 bits per heavy atom. The van der Waals surface area contributed by atoms with Crippen LogP contribution >= 0.6 is 11.8 Å². The Morgan fingerprint density at radius 3 is 2.91 bits per heavy atom. The largest absolute Gasteiger partial charge is 0.395 e. The van der Waals surface area contributed by atoms with Gasteiger partial charge in [-0.3, -0.25) is 4.57 Å². The normalized spacial score (nSPS) is 13.4. The number of aliphatic hydroxyl groups excluding tert-OH is 1. The molecule has 0 atom stereocenters. The maximum Gasteiger partial charge on any atom is 0.348 e. The Morgan fingerprint density at radius 2 is 2.14 bits per heavy atom. The Hall–Kier alpha value is -1.59. The molecule has 1 aliphatic carbocycles. The summed E-state index contributed by atoms with van der Waals surface area (Å²) in [5.41, 5.74) is 4.58. The molecule has 0 spiro atoms. The number of benzene rings is 1. The van der Waals surface area contributed by atoms with E-state index in [9.17, 15) is 4.79 Å². The summed E-state index contributed by atoms with van der Waals surface area (Å²) in [7, 11) is 0. The number of hydrogen-bond donors (Lipinski definition) is 1. The molecule has 2 aromatic rings. The molecule has 5 heteroatoms. The number of rotatable bonds is 5. The van der Waals surface area contributed by atoms with E-state index >= 15 is 0 Å².